The smallest absolute Gasteiger partial charge is 0.234 e. The van der Waals surface area contributed by atoms with Crippen LogP contribution in [-0.4, -0.2) is 28.3 Å². The number of amides is 1. The molecule has 26 heavy (non-hydrogen) atoms. The van der Waals surface area contributed by atoms with Crippen LogP contribution in [0, 0.1) is 6.92 Å². The minimum atomic E-state index is -0.107. The van der Waals surface area contributed by atoms with E-state index in [-0.39, 0.29) is 11.7 Å². The third-order valence-corrected chi connectivity index (χ3v) is 5.17. The summed E-state index contributed by atoms with van der Waals surface area (Å²) in [4.78, 5) is 16.7. The van der Waals surface area contributed by atoms with Gasteiger partial charge in [0.1, 0.15) is 5.75 Å². The first-order valence-electron chi connectivity index (χ1n) is 7.93. The molecule has 1 amide bonds. The molecule has 0 spiro atoms. The van der Waals surface area contributed by atoms with Gasteiger partial charge in [0, 0.05) is 22.6 Å². The Hall–Kier alpha value is -2.25. The van der Waals surface area contributed by atoms with Gasteiger partial charge in [-0.3, -0.25) is 9.36 Å². The van der Waals surface area contributed by atoms with Gasteiger partial charge < -0.3 is 10.1 Å². The number of rotatable bonds is 6. The number of ether oxygens (including phenoxy) is 1. The second-order valence-corrected chi connectivity index (χ2v) is 7.45. The average molecular weight is 432 g/mol. The highest BCUT2D eigenvalue weighted by molar-refractivity contribution is 9.10. The summed E-state index contributed by atoms with van der Waals surface area (Å²) in [6.07, 6.45) is 3.61. The van der Waals surface area contributed by atoms with Crippen molar-refractivity contribution in [2.45, 2.75) is 12.1 Å². The number of methoxy groups -OCH3 is 1. The Bertz CT molecular complexity index is 909. The van der Waals surface area contributed by atoms with Crippen LogP contribution in [0.25, 0.3) is 5.69 Å². The van der Waals surface area contributed by atoms with Gasteiger partial charge in [0.25, 0.3) is 0 Å². The number of aryl methyl sites for hydroxylation is 1. The van der Waals surface area contributed by atoms with Crippen molar-refractivity contribution in [2.24, 2.45) is 0 Å². The molecule has 7 heteroatoms. The molecule has 1 heterocycles. The van der Waals surface area contributed by atoms with Crippen molar-refractivity contribution in [1.29, 1.82) is 0 Å². The van der Waals surface area contributed by atoms with Crippen LogP contribution in [0.3, 0.4) is 0 Å². The summed E-state index contributed by atoms with van der Waals surface area (Å²) in [5.74, 6) is 0.791. The molecule has 0 fully saturated rings. The highest BCUT2D eigenvalue weighted by Gasteiger charge is 2.11. The van der Waals surface area contributed by atoms with E-state index in [1.54, 1.807) is 13.3 Å². The number of benzene rings is 2. The van der Waals surface area contributed by atoms with E-state index in [0.29, 0.717) is 11.4 Å². The number of hydrogen-bond acceptors (Lipinski definition) is 4. The maximum Gasteiger partial charge on any atom is 0.234 e. The van der Waals surface area contributed by atoms with Crippen molar-refractivity contribution in [2.75, 3.05) is 18.2 Å². The molecule has 1 N–H and O–H groups in total. The summed E-state index contributed by atoms with van der Waals surface area (Å²) in [7, 11) is 1.59. The minimum Gasteiger partial charge on any atom is -0.495 e. The predicted octanol–water partition coefficient (Wildman–Crippen LogP) is 4.68. The quantitative estimate of drug-likeness (QED) is 0.575. The Morgan fingerprint density at radius 2 is 2.04 bits per heavy atom. The molecular weight excluding hydrogens is 414 g/mol. The van der Waals surface area contributed by atoms with Crippen LogP contribution >= 0.6 is 27.7 Å². The largest absolute Gasteiger partial charge is 0.495 e. The molecule has 0 saturated heterocycles. The zero-order valence-electron chi connectivity index (χ0n) is 14.4. The van der Waals surface area contributed by atoms with Crippen LogP contribution in [0.1, 0.15) is 5.56 Å². The van der Waals surface area contributed by atoms with Gasteiger partial charge in [-0.2, -0.15) is 0 Å². The lowest BCUT2D eigenvalue weighted by molar-refractivity contribution is -0.113. The molecule has 134 valence electrons. The minimum absolute atomic E-state index is 0.107. The molecule has 5 nitrogen and oxygen atoms in total. The first kappa shape index (κ1) is 18.5. The molecule has 1 aromatic heterocycles. The number of nitrogens with zero attached hydrogens (tertiary/aromatic N) is 2. The lowest BCUT2D eigenvalue weighted by Gasteiger charge is -2.11. The van der Waals surface area contributed by atoms with Crippen LogP contribution < -0.4 is 10.1 Å². The molecule has 0 aliphatic heterocycles. The van der Waals surface area contributed by atoms with Crippen molar-refractivity contribution >= 4 is 39.3 Å². The third kappa shape index (κ3) is 4.47. The SMILES string of the molecule is COc1ccc(C)cc1NC(=O)CSc1nccn1-c1ccc(Br)cc1. The van der Waals surface area contributed by atoms with Gasteiger partial charge in [-0.25, -0.2) is 4.98 Å². The van der Waals surface area contributed by atoms with Gasteiger partial charge >= 0.3 is 0 Å². The Morgan fingerprint density at radius 1 is 1.27 bits per heavy atom. The van der Waals surface area contributed by atoms with E-state index in [1.165, 1.54) is 11.8 Å². The Balaban J connectivity index is 1.67. The summed E-state index contributed by atoms with van der Waals surface area (Å²) >= 11 is 4.82. The number of carbonyl (C=O) groups is 1. The number of halogens is 1. The highest BCUT2D eigenvalue weighted by atomic mass is 79.9. The predicted molar refractivity (Wildman–Crippen MR) is 108 cm³/mol. The molecule has 2 aromatic carbocycles. The van der Waals surface area contributed by atoms with Crippen molar-refractivity contribution in [3.63, 3.8) is 0 Å². The molecule has 0 bridgehead atoms. The molecule has 0 unspecified atom stereocenters. The molecule has 0 aliphatic carbocycles. The fourth-order valence-electron chi connectivity index (χ4n) is 2.43. The van der Waals surface area contributed by atoms with E-state index in [2.05, 4.69) is 26.2 Å². The standard InChI is InChI=1S/C19H18BrN3O2S/c1-13-3-8-17(25-2)16(11-13)22-18(24)12-26-19-21-9-10-23(19)15-6-4-14(20)5-7-15/h3-11H,12H2,1-2H3,(H,22,24). The van der Waals surface area contributed by atoms with Crippen LogP contribution in [0.5, 0.6) is 5.75 Å². The number of nitrogens with one attached hydrogen (secondary N) is 1. The molecule has 0 saturated carbocycles. The van der Waals surface area contributed by atoms with E-state index < -0.39 is 0 Å². The second-order valence-electron chi connectivity index (χ2n) is 5.60. The zero-order valence-corrected chi connectivity index (χ0v) is 16.8. The molecular formula is C19H18BrN3O2S. The molecule has 0 aliphatic rings. The van der Waals surface area contributed by atoms with Crippen molar-refractivity contribution in [1.82, 2.24) is 9.55 Å². The molecule has 3 aromatic rings. The van der Waals surface area contributed by atoms with E-state index in [9.17, 15) is 4.79 Å². The number of anilines is 1. The summed E-state index contributed by atoms with van der Waals surface area (Å²) in [5.41, 5.74) is 2.72. The number of imidazole rings is 1. The summed E-state index contributed by atoms with van der Waals surface area (Å²) in [6.45, 7) is 1.97. The van der Waals surface area contributed by atoms with Crippen LogP contribution in [0.2, 0.25) is 0 Å². The fourth-order valence-corrected chi connectivity index (χ4v) is 3.47. The van der Waals surface area contributed by atoms with Crippen LogP contribution in [-0.2, 0) is 4.79 Å². The van der Waals surface area contributed by atoms with E-state index in [4.69, 9.17) is 4.74 Å². The van der Waals surface area contributed by atoms with Gasteiger partial charge in [-0.15, -0.1) is 0 Å². The van der Waals surface area contributed by atoms with Crippen LogP contribution in [0.15, 0.2) is 64.5 Å². The summed E-state index contributed by atoms with van der Waals surface area (Å²) < 4.78 is 8.27. The van der Waals surface area contributed by atoms with Gasteiger partial charge in [0.15, 0.2) is 5.16 Å². The number of hydrogen-bond donors (Lipinski definition) is 1. The molecule has 3 rings (SSSR count). The number of thioether (sulfide) groups is 1. The van der Waals surface area contributed by atoms with Gasteiger partial charge in [0.05, 0.1) is 18.6 Å². The maximum absolute atomic E-state index is 12.3. The maximum atomic E-state index is 12.3. The lowest BCUT2D eigenvalue weighted by Crippen LogP contribution is -2.15. The monoisotopic (exact) mass is 431 g/mol. The van der Waals surface area contributed by atoms with Gasteiger partial charge in [-0.1, -0.05) is 33.8 Å². The van der Waals surface area contributed by atoms with Gasteiger partial charge in [-0.05, 0) is 48.9 Å². The van der Waals surface area contributed by atoms with E-state index >= 15 is 0 Å². The van der Waals surface area contributed by atoms with E-state index in [1.807, 2.05) is 60.2 Å². The Labute approximate surface area is 164 Å². The zero-order chi connectivity index (χ0) is 18.5. The fraction of sp³-hybridized carbons (Fsp3) is 0.158. The Morgan fingerprint density at radius 3 is 2.77 bits per heavy atom. The second kappa shape index (κ2) is 8.42. The van der Waals surface area contributed by atoms with Crippen molar-refractivity contribution in [3.8, 4) is 11.4 Å². The van der Waals surface area contributed by atoms with Crippen molar-refractivity contribution in [3.05, 3.63) is 64.9 Å². The lowest BCUT2D eigenvalue weighted by atomic mass is 10.2. The third-order valence-electron chi connectivity index (χ3n) is 3.67. The molecule has 0 atom stereocenters. The van der Waals surface area contributed by atoms with Crippen LogP contribution in [0.4, 0.5) is 5.69 Å². The van der Waals surface area contributed by atoms with Crippen molar-refractivity contribution < 1.29 is 9.53 Å². The first-order valence-corrected chi connectivity index (χ1v) is 9.71. The first-order chi connectivity index (χ1) is 12.6. The van der Waals surface area contributed by atoms with Gasteiger partial charge in [0.2, 0.25) is 5.91 Å². The normalized spacial score (nSPS) is 10.6. The highest BCUT2D eigenvalue weighted by Crippen LogP contribution is 2.26. The summed E-state index contributed by atoms with van der Waals surface area (Å²) in [6, 6.07) is 13.6. The number of carbonyl (C=O) groups excluding carboxylic acids is 1. The van der Waals surface area contributed by atoms with E-state index in [0.717, 1.165) is 20.9 Å². The Kier molecular flexibility index (Phi) is 6.00. The molecule has 0 radical (unpaired) electrons. The summed E-state index contributed by atoms with van der Waals surface area (Å²) in [5, 5.41) is 3.67. The number of aromatic nitrogens is 2. The topological polar surface area (TPSA) is 56.1 Å². The average Bonchev–Trinajstić information content (AvgIpc) is 3.09.